The summed E-state index contributed by atoms with van der Waals surface area (Å²) in [7, 11) is 1.38. The second-order valence-corrected chi connectivity index (χ2v) is 7.10. The SMILES string of the molecule is COC(=O)c1ccc2c(c1)/C(=C/CSc1ncccn1)c1ccccc1CO2. The summed E-state index contributed by atoms with van der Waals surface area (Å²) in [4.78, 5) is 20.5. The number of carbonyl (C=O) groups is 1. The molecule has 2 aromatic carbocycles. The van der Waals surface area contributed by atoms with Gasteiger partial charge in [-0.05, 0) is 41.0 Å². The van der Waals surface area contributed by atoms with E-state index in [0.717, 1.165) is 33.2 Å². The largest absolute Gasteiger partial charge is 0.488 e. The lowest BCUT2D eigenvalue weighted by Crippen LogP contribution is -2.02. The Hall–Kier alpha value is -3.12. The first-order valence-electron chi connectivity index (χ1n) is 8.80. The molecule has 1 aromatic heterocycles. The van der Waals surface area contributed by atoms with Crippen molar-refractivity contribution in [2.45, 2.75) is 11.8 Å². The standard InChI is InChI=1S/C22H18N2O3S/c1-26-21(25)15-7-8-20-19(13-15)18(9-12-28-22-23-10-4-11-24-22)17-6-3-2-5-16(17)14-27-20/h2-11,13H,12,14H2,1H3/b18-9+. The summed E-state index contributed by atoms with van der Waals surface area (Å²) in [6.45, 7) is 0.479. The van der Waals surface area contributed by atoms with Gasteiger partial charge < -0.3 is 9.47 Å². The van der Waals surface area contributed by atoms with Gasteiger partial charge in [-0.25, -0.2) is 14.8 Å². The Morgan fingerprint density at radius 1 is 1.14 bits per heavy atom. The van der Waals surface area contributed by atoms with E-state index in [1.165, 1.54) is 7.11 Å². The zero-order valence-corrected chi connectivity index (χ0v) is 16.1. The number of esters is 1. The maximum absolute atomic E-state index is 12.0. The van der Waals surface area contributed by atoms with Gasteiger partial charge in [-0.15, -0.1) is 0 Å². The molecule has 140 valence electrons. The second-order valence-electron chi connectivity index (χ2n) is 6.11. The van der Waals surface area contributed by atoms with E-state index in [4.69, 9.17) is 9.47 Å². The Morgan fingerprint density at radius 3 is 2.79 bits per heavy atom. The van der Waals surface area contributed by atoms with Gasteiger partial charge >= 0.3 is 5.97 Å². The van der Waals surface area contributed by atoms with E-state index in [-0.39, 0.29) is 5.97 Å². The molecule has 0 atom stereocenters. The maximum Gasteiger partial charge on any atom is 0.337 e. The third-order valence-corrected chi connectivity index (χ3v) is 5.23. The molecule has 0 saturated heterocycles. The molecule has 0 N–H and O–H groups in total. The lowest BCUT2D eigenvalue weighted by molar-refractivity contribution is 0.0600. The van der Waals surface area contributed by atoms with Gasteiger partial charge in [-0.3, -0.25) is 0 Å². The fraction of sp³-hybridized carbons (Fsp3) is 0.136. The van der Waals surface area contributed by atoms with Gasteiger partial charge in [0.2, 0.25) is 0 Å². The van der Waals surface area contributed by atoms with Crippen LogP contribution in [0.15, 0.2) is 72.2 Å². The van der Waals surface area contributed by atoms with Crippen LogP contribution in [0.1, 0.15) is 27.0 Å². The Balaban J connectivity index is 1.76. The molecule has 2 heterocycles. The average Bonchev–Trinajstić information content (AvgIpc) is 2.91. The van der Waals surface area contributed by atoms with Crippen molar-refractivity contribution < 1.29 is 14.3 Å². The van der Waals surface area contributed by atoms with E-state index in [9.17, 15) is 4.79 Å². The first kappa shape index (κ1) is 18.3. The number of methoxy groups -OCH3 is 1. The van der Waals surface area contributed by atoms with Crippen molar-refractivity contribution in [1.82, 2.24) is 9.97 Å². The highest BCUT2D eigenvalue weighted by molar-refractivity contribution is 7.99. The molecule has 6 heteroatoms. The molecule has 5 nitrogen and oxygen atoms in total. The molecular weight excluding hydrogens is 372 g/mol. The molecule has 0 fully saturated rings. The van der Waals surface area contributed by atoms with Gasteiger partial charge in [0.15, 0.2) is 5.16 Å². The highest BCUT2D eigenvalue weighted by Crippen LogP contribution is 2.37. The minimum atomic E-state index is -0.369. The van der Waals surface area contributed by atoms with Gasteiger partial charge in [-0.1, -0.05) is 42.1 Å². The van der Waals surface area contributed by atoms with Crippen LogP contribution in [0.5, 0.6) is 5.75 Å². The normalized spacial score (nSPS) is 13.8. The fourth-order valence-electron chi connectivity index (χ4n) is 3.10. The van der Waals surface area contributed by atoms with E-state index in [1.54, 1.807) is 36.3 Å². The summed E-state index contributed by atoms with van der Waals surface area (Å²) < 4.78 is 10.9. The zero-order chi connectivity index (χ0) is 19.3. The molecule has 0 amide bonds. The number of rotatable bonds is 4. The van der Waals surface area contributed by atoms with Crippen LogP contribution in [-0.2, 0) is 11.3 Å². The van der Waals surface area contributed by atoms with Crippen LogP contribution in [0.2, 0.25) is 0 Å². The predicted molar refractivity (Wildman–Crippen MR) is 108 cm³/mol. The van der Waals surface area contributed by atoms with Crippen molar-refractivity contribution in [3.8, 4) is 5.75 Å². The van der Waals surface area contributed by atoms with Crippen LogP contribution in [-0.4, -0.2) is 28.8 Å². The van der Waals surface area contributed by atoms with Crippen molar-refractivity contribution >= 4 is 23.3 Å². The van der Waals surface area contributed by atoms with Crippen LogP contribution >= 0.6 is 11.8 Å². The van der Waals surface area contributed by atoms with E-state index < -0.39 is 0 Å². The minimum absolute atomic E-state index is 0.369. The van der Waals surface area contributed by atoms with Crippen LogP contribution in [0.25, 0.3) is 5.57 Å². The molecule has 28 heavy (non-hydrogen) atoms. The van der Waals surface area contributed by atoms with E-state index >= 15 is 0 Å². The van der Waals surface area contributed by atoms with E-state index in [2.05, 4.69) is 28.2 Å². The van der Waals surface area contributed by atoms with Crippen LogP contribution in [0.3, 0.4) is 0 Å². The molecule has 3 aromatic rings. The molecule has 0 radical (unpaired) electrons. The summed E-state index contributed by atoms with van der Waals surface area (Å²) in [5, 5.41) is 0.723. The first-order valence-corrected chi connectivity index (χ1v) is 9.78. The molecule has 0 bridgehead atoms. The Bertz CT molecular complexity index is 1030. The zero-order valence-electron chi connectivity index (χ0n) is 15.3. The monoisotopic (exact) mass is 390 g/mol. The van der Waals surface area contributed by atoms with Crippen molar-refractivity contribution in [3.63, 3.8) is 0 Å². The van der Waals surface area contributed by atoms with Gasteiger partial charge in [0.25, 0.3) is 0 Å². The predicted octanol–water partition coefficient (Wildman–Crippen LogP) is 4.38. The number of ether oxygens (including phenoxy) is 2. The summed E-state index contributed by atoms with van der Waals surface area (Å²) in [5.74, 6) is 1.07. The van der Waals surface area contributed by atoms with Gasteiger partial charge in [-0.2, -0.15) is 0 Å². The molecule has 1 aliphatic heterocycles. The van der Waals surface area contributed by atoms with Gasteiger partial charge in [0.1, 0.15) is 12.4 Å². The number of carbonyl (C=O) groups excluding carboxylic acids is 1. The lowest BCUT2D eigenvalue weighted by atomic mass is 9.93. The molecule has 0 saturated carbocycles. The van der Waals surface area contributed by atoms with Crippen LogP contribution < -0.4 is 4.74 Å². The van der Waals surface area contributed by atoms with E-state index in [0.29, 0.717) is 17.9 Å². The topological polar surface area (TPSA) is 61.3 Å². The molecular formula is C22H18N2O3S. The lowest BCUT2D eigenvalue weighted by Gasteiger charge is -2.12. The highest BCUT2D eigenvalue weighted by atomic mass is 32.2. The maximum atomic E-state index is 12.0. The third-order valence-electron chi connectivity index (χ3n) is 4.42. The first-order chi connectivity index (χ1) is 13.8. The smallest absolute Gasteiger partial charge is 0.337 e. The second kappa shape index (κ2) is 8.27. The molecule has 0 aliphatic carbocycles. The number of thioether (sulfide) groups is 1. The van der Waals surface area contributed by atoms with Crippen LogP contribution in [0.4, 0.5) is 0 Å². The number of hydrogen-bond donors (Lipinski definition) is 0. The summed E-state index contributed by atoms with van der Waals surface area (Å²) >= 11 is 1.55. The quantitative estimate of drug-likeness (QED) is 0.374. The average molecular weight is 390 g/mol. The van der Waals surface area contributed by atoms with Crippen molar-refractivity contribution in [3.05, 3.63) is 89.3 Å². The summed E-state index contributed by atoms with van der Waals surface area (Å²) in [6, 6.07) is 15.3. The number of aromatic nitrogens is 2. The van der Waals surface area contributed by atoms with Crippen molar-refractivity contribution in [2.24, 2.45) is 0 Å². The highest BCUT2D eigenvalue weighted by Gasteiger charge is 2.20. The summed E-state index contributed by atoms with van der Waals surface area (Å²) in [5.41, 5.74) is 4.59. The number of fused-ring (bicyclic) bond motifs is 2. The molecule has 4 rings (SSSR count). The van der Waals surface area contributed by atoms with E-state index in [1.807, 2.05) is 24.3 Å². The Labute approximate surface area is 167 Å². The van der Waals surface area contributed by atoms with Crippen LogP contribution in [0, 0.1) is 0 Å². The third kappa shape index (κ3) is 3.77. The van der Waals surface area contributed by atoms with Gasteiger partial charge in [0.05, 0.1) is 12.7 Å². The van der Waals surface area contributed by atoms with Gasteiger partial charge in [0, 0.05) is 23.7 Å². The number of benzene rings is 2. The summed E-state index contributed by atoms with van der Waals surface area (Å²) in [6.07, 6.45) is 5.60. The number of nitrogens with zero attached hydrogens (tertiary/aromatic N) is 2. The minimum Gasteiger partial charge on any atom is -0.488 e. The Morgan fingerprint density at radius 2 is 1.96 bits per heavy atom. The van der Waals surface area contributed by atoms with Crippen molar-refractivity contribution in [1.29, 1.82) is 0 Å². The Kier molecular flexibility index (Phi) is 5.39. The fourth-order valence-corrected chi connectivity index (χ4v) is 3.77. The molecule has 0 spiro atoms. The van der Waals surface area contributed by atoms with Crippen molar-refractivity contribution in [2.75, 3.05) is 12.9 Å². The number of hydrogen-bond acceptors (Lipinski definition) is 6. The molecule has 0 unspecified atom stereocenters. The molecule has 1 aliphatic rings.